The molecule has 2 aromatic rings. The molecule has 0 bridgehead atoms. The molecule has 2 heterocycles. The van der Waals surface area contributed by atoms with Crippen molar-refractivity contribution in [2.75, 3.05) is 4.90 Å². The van der Waals surface area contributed by atoms with Crippen LogP contribution in [0.3, 0.4) is 0 Å². The van der Waals surface area contributed by atoms with Crippen molar-refractivity contribution in [3.8, 4) is 17.5 Å². The Labute approximate surface area is 157 Å². The molecule has 1 aliphatic rings. The quantitative estimate of drug-likeness (QED) is 0.797. The summed E-state index contributed by atoms with van der Waals surface area (Å²) in [4.78, 5) is 32.8. The maximum Gasteiger partial charge on any atom is 0.573 e. The Morgan fingerprint density at radius 3 is 2.32 bits per heavy atom. The molecule has 0 atom stereocenters. The number of carbonyl (C=O) groups excluding carboxylic acids is 2. The molecule has 1 saturated heterocycles. The standard InChI is InChI=1S/C17H15F3N4O4/c1-9-5-4-6-11(12(9)28-17(18,19)20)27-14-21-7-10(8-22-14)24-13(25)16(2,3)23-15(24)26/h4-8H,1-3H3,(H,23,26). The molecule has 11 heteroatoms. The second-order valence-electron chi connectivity index (χ2n) is 6.47. The van der Waals surface area contributed by atoms with Gasteiger partial charge in [0, 0.05) is 0 Å². The number of carbonyl (C=O) groups is 2. The first-order valence-electron chi connectivity index (χ1n) is 8.00. The topological polar surface area (TPSA) is 93.7 Å². The molecule has 3 rings (SSSR count). The van der Waals surface area contributed by atoms with Crippen LogP contribution in [0.25, 0.3) is 0 Å². The largest absolute Gasteiger partial charge is 0.573 e. The monoisotopic (exact) mass is 396 g/mol. The van der Waals surface area contributed by atoms with Crippen molar-refractivity contribution in [2.24, 2.45) is 0 Å². The molecule has 0 unspecified atom stereocenters. The van der Waals surface area contributed by atoms with E-state index in [4.69, 9.17) is 4.74 Å². The zero-order chi connectivity index (χ0) is 20.7. The van der Waals surface area contributed by atoms with E-state index in [1.165, 1.54) is 25.1 Å². The van der Waals surface area contributed by atoms with Crippen LogP contribution in [0.1, 0.15) is 19.4 Å². The second-order valence-corrected chi connectivity index (χ2v) is 6.47. The minimum Gasteiger partial charge on any atom is -0.420 e. The lowest BCUT2D eigenvalue weighted by molar-refractivity contribution is -0.275. The van der Waals surface area contributed by atoms with Gasteiger partial charge in [-0.3, -0.25) is 4.79 Å². The molecule has 1 aromatic heterocycles. The molecular weight excluding hydrogens is 381 g/mol. The maximum atomic E-state index is 12.6. The molecular formula is C17H15F3N4O4. The van der Waals surface area contributed by atoms with Gasteiger partial charge in [0.05, 0.1) is 18.1 Å². The minimum absolute atomic E-state index is 0.0939. The molecule has 0 radical (unpaired) electrons. The number of rotatable bonds is 4. The van der Waals surface area contributed by atoms with Gasteiger partial charge in [-0.1, -0.05) is 12.1 Å². The number of alkyl halides is 3. The summed E-state index contributed by atoms with van der Waals surface area (Å²) in [5.41, 5.74) is -0.776. The van der Waals surface area contributed by atoms with Gasteiger partial charge in [0.15, 0.2) is 11.5 Å². The van der Waals surface area contributed by atoms with Crippen molar-refractivity contribution in [2.45, 2.75) is 32.7 Å². The van der Waals surface area contributed by atoms with Crippen molar-refractivity contribution in [1.29, 1.82) is 0 Å². The second kappa shape index (κ2) is 6.66. The summed E-state index contributed by atoms with van der Waals surface area (Å²) in [6, 6.07) is 3.26. The molecule has 0 aliphatic carbocycles. The van der Waals surface area contributed by atoms with Gasteiger partial charge in [0.25, 0.3) is 5.91 Å². The number of nitrogens with zero attached hydrogens (tertiary/aromatic N) is 3. The average Bonchev–Trinajstić information content (AvgIpc) is 2.78. The number of urea groups is 1. The highest BCUT2D eigenvalue weighted by Gasteiger charge is 2.45. The number of benzene rings is 1. The number of ether oxygens (including phenoxy) is 2. The van der Waals surface area contributed by atoms with E-state index < -0.39 is 29.6 Å². The highest BCUT2D eigenvalue weighted by atomic mass is 19.4. The number of hydrogen-bond donors (Lipinski definition) is 1. The normalized spacial score (nSPS) is 16.1. The third kappa shape index (κ3) is 3.82. The Bertz CT molecular complexity index is 929. The minimum atomic E-state index is -4.90. The molecule has 0 spiro atoms. The first-order chi connectivity index (χ1) is 13.0. The maximum absolute atomic E-state index is 12.6. The number of para-hydroxylation sites is 1. The van der Waals surface area contributed by atoms with E-state index in [-0.39, 0.29) is 23.0 Å². The number of aromatic nitrogens is 2. The predicted octanol–water partition coefficient (Wildman–Crippen LogP) is 3.31. The smallest absolute Gasteiger partial charge is 0.420 e. The number of imide groups is 1. The zero-order valence-electron chi connectivity index (χ0n) is 15.0. The van der Waals surface area contributed by atoms with Crippen molar-refractivity contribution >= 4 is 17.6 Å². The van der Waals surface area contributed by atoms with E-state index in [2.05, 4.69) is 20.0 Å². The number of anilines is 1. The molecule has 148 valence electrons. The van der Waals surface area contributed by atoms with Gasteiger partial charge in [0.2, 0.25) is 0 Å². The lowest BCUT2D eigenvalue weighted by Crippen LogP contribution is -2.40. The van der Waals surface area contributed by atoms with Crippen LogP contribution in [0.15, 0.2) is 30.6 Å². The van der Waals surface area contributed by atoms with Crippen molar-refractivity contribution < 1.29 is 32.2 Å². The SMILES string of the molecule is Cc1cccc(Oc2ncc(N3C(=O)NC(C)(C)C3=O)cn2)c1OC(F)(F)F. The van der Waals surface area contributed by atoms with Gasteiger partial charge < -0.3 is 14.8 Å². The summed E-state index contributed by atoms with van der Waals surface area (Å²) in [6.45, 7) is 4.52. The summed E-state index contributed by atoms with van der Waals surface area (Å²) >= 11 is 0. The van der Waals surface area contributed by atoms with E-state index >= 15 is 0 Å². The first kappa shape index (κ1) is 19.4. The molecule has 8 nitrogen and oxygen atoms in total. The summed E-state index contributed by atoms with van der Waals surface area (Å²) < 4.78 is 47.2. The van der Waals surface area contributed by atoms with Gasteiger partial charge in [-0.2, -0.15) is 0 Å². The highest BCUT2D eigenvalue weighted by Crippen LogP contribution is 2.37. The third-order valence-corrected chi connectivity index (χ3v) is 3.83. The van der Waals surface area contributed by atoms with Crippen LogP contribution in [-0.4, -0.2) is 33.8 Å². The number of aryl methyl sites for hydroxylation is 1. The molecule has 1 aliphatic heterocycles. The van der Waals surface area contributed by atoms with Crippen LogP contribution in [0.4, 0.5) is 23.7 Å². The Morgan fingerprint density at radius 1 is 1.14 bits per heavy atom. The molecule has 1 N–H and O–H groups in total. The van der Waals surface area contributed by atoms with Crippen LogP contribution in [0.5, 0.6) is 17.5 Å². The van der Waals surface area contributed by atoms with Gasteiger partial charge in [0.1, 0.15) is 5.54 Å². The van der Waals surface area contributed by atoms with E-state index in [1.807, 2.05) is 0 Å². The van der Waals surface area contributed by atoms with Crippen LogP contribution >= 0.6 is 0 Å². The first-order valence-corrected chi connectivity index (χ1v) is 8.00. The van der Waals surface area contributed by atoms with E-state index in [0.717, 1.165) is 17.3 Å². The van der Waals surface area contributed by atoms with Crippen LogP contribution in [0, 0.1) is 6.92 Å². The fourth-order valence-electron chi connectivity index (χ4n) is 2.51. The summed E-state index contributed by atoms with van der Waals surface area (Å²) in [5, 5.41) is 2.51. The van der Waals surface area contributed by atoms with Crippen LogP contribution in [-0.2, 0) is 4.79 Å². The third-order valence-electron chi connectivity index (χ3n) is 3.83. The van der Waals surface area contributed by atoms with Gasteiger partial charge in [-0.05, 0) is 32.4 Å². The molecule has 1 fully saturated rings. The van der Waals surface area contributed by atoms with Gasteiger partial charge >= 0.3 is 18.4 Å². The van der Waals surface area contributed by atoms with E-state index in [0.29, 0.717) is 0 Å². The van der Waals surface area contributed by atoms with E-state index in [9.17, 15) is 22.8 Å². The Balaban J connectivity index is 1.84. The number of amides is 3. The Morgan fingerprint density at radius 2 is 1.79 bits per heavy atom. The fraction of sp³-hybridized carbons (Fsp3) is 0.294. The number of halogens is 3. The lowest BCUT2D eigenvalue weighted by Gasteiger charge is -2.16. The Hall–Kier alpha value is -3.37. The fourth-order valence-corrected chi connectivity index (χ4v) is 2.51. The summed E-state index contributed by atoms with van der Waals surface area (Å²) in [6.07, 6.45) is -2.59. The highest BCUT2D eigenvalue weighted by molar-refractivity contribution is 6.22. The van der Waals surface area contributed by atoms with Crippen molar-refractivity contribution in [3.05, 3.63) is 36.2 Å². The van der Waals surface area contributed by atoms with Crippen LogP contribution < -0.4 is 19.7 Å². The van der Waals surface area contributed by atoms with Crippen molar-refractivity contribution in [1.82, 2.24) is 15.3 Å². The molecule has 3 amide bonds. The Kier molecular flexibility index (Phi) is 4.61. The number of hydrogen-bond acceptors (Lipinski definition) is 6. The van der Waals surface area contributed by atoms with Crippen LogP contribution in [0.2, 0.25) is 0 Å². The predicted molar refractivity (Wildman–Crippen MR) is 90.1 cm³/mol. The summed E-state index contributed by atoms with van der Waals surface area (Å²) in [5.74, 6) is -1.24. The lowest BCUT2D eigenvalue weighted by atomic mass is 10.1. The molecule has 1 aromatic carbocycles. The van der Waals surface area contributed by atoms with Gasteiger partial charge in [-0.15, -0.1) is 13.2 Å². The zero-order valence-corrected chi connectivity index (χ0v) is 15.0. The van der Waals surface area contributed by atoms with Gasteiger partial charge in [-0.25, -0.2) is 19.7 Å². The molecule has 28 heavy (non-hydrogen) atoms. The molecule has 0 saturated carbocycles. The number of nitrogens with one attached hydrogen (secondary N) is 1. The van der Waals surface area contributed by atoms with Crippen molar-refractivity contribution in [3.63, 3.8) is 0 Å². The van der Waals surface area contributed by atoms with E-state index in [1.54, 1.807) is 13.8 Å². The average molecular weight is 396 g/mol. The summed E-state index contributed by atoms with van der Waals surface area (Å²) in [7, 11) is 0.